The van der Waals surface area contributed by atoms with Crippen molar-refractivity contribution in [2.75, 3.05) is 19.6 Å². The van der Waals surface area contributed by atoms with Crippen LogP contribution in [-0.2, 0) is 0 Å². The van der Waals surface area contributed by atoms with Crippen LogP contribution in [0.4, 0.5) is 4.79 Å². The molecular formula is C10H23N3O. The average Bonchev–Trinajstić information content (AvgIpc) is 2.16. The molecule has 4 heteroatoms. The molecule has 0 spiro atoms. The first-order valence-electron chi connectivity index (χ1n) is 5.41. The van der Waals surface area contributed by atoms with Gasteiger partial charge in [0.2, 0.25) is 0 Å². The second-order valence-electron chi connectivity index (χ2n) is 3.45. The molecule has 0 saturated heterocycles. The summed E-state index contributed by atoms with van der Waals surface area (Å²) in [6.45, 7) is 8.17. The molecule has 2 amide bonds. The summed E-state index contributed by atoms with van der Waals surface area (Å²) in [6, 6.07) is 0.242. The smallest absolute Gasteiger partial charge is 0.317 e. The van der Waals surface area contributed by atoms with E-state index in [0.29, 0.717) is 6.54 Å². The van der Waals surface area contributed by atoms with E-state index in [1.807, 2.05) is 20.8 Å². The zero-order chi connectivity index (χ0) is 11.0. The molecular weight excluding hydrogens is 178 g/mol. The number of nitrogens with zero attached hydrogens (tertiary/aromatic N) is 1. The first-order valence-corrected chi connectivity index (χ1v) is 5.41. The van der Waals surface area contributed by atoms with Crippen molar-refractivity contribution >= 4 is 6.03 Å². The fraction of sp³-hybridized carbons (Fsp3) is 0.900. The maximum absolute atomic E-state index is 11.6. The molecule has 0 heterocycles. The first-order chi connectivity index (χ1) is 6.65. The van der Waals surface area contributed by atoms with E-state index in [2.05, 4.69) is 5.32 Å². The molecule has 0 saturated carbocycles. The lowest BCUT2D eigenvalue weighted by Crippen LogP contribution is -2.43. The zero-order valence-electron chi connectivity index (χ0n) is 9.55. The van der Waals surface area contributed by atoms with Crippen molar-refractivity contribution in [2.24, 2.45) is 5.73 Å². The summed E-state index contributed by atoms with van der Waals surface area (Å²) in [6.07, 6.45) is 1.91. The van der Waals surface area contributed by atoms with Gasteiger partial charge in [0, 0.05) is 19.1 Å². The topological polar surface area (TPSA) is 58.4 Å². The number of hydrogen-bond acceptors (Lipinski definition) is 2. The highest BCUT2D eigenvalue weighted by Gasteiger charge is 2.11. The molecule has 0 aromatic heterocycles. The molecule has 1 atom stereocenters. The second kappa shape index (κ2) is 7.62. The minimum atomic E-state index is 0.0273. The lowest BCUT2D eigenvalue weighted by atomic mass is 10.2. The van der Waals surface area contributed by atoms with Crippen LogP contribution in [0.2, 0.25) is 0 Å². The first kappa shape index (κ1) is 13.2. The quantitative estimate of drug-likeness (QED) is 0.677. The average molecular weight is 201 g/mol. The van der Waals surface area contributed by atoms with Gasteiger partial charge in [-0.2, -0.15) is 0 Å². The van der Waals surface area contributed by atoms with Gasteiger partial charge in [0.25, 0.3) is 0 Å². The summed E-state index contributed by atoms with van der Waals surface area (Å²) in [4.78, 5) is 13.3. The summed E-state index contributed by atoms with van der Waals surface area (Å²) in [7, 11) is 0. The van der Waals surface area contributed by atoms with E-state index < -0.39 is 0 Å². The number of carbonyl (C=O) groups excluding carboxylic acids is 1. The highest BCUT2D eigenvalue weighted by Crippen LogP contribution is 1.96. The summed E-state index contributed by atoms with van der Waals surface area (Å²) in [5.74, 6) is 0. The number of amides is 2. The van der Waals surface area contributed by atoms with Crippen LogP contribution in [-0.4, -0.2) is 36.6 Å². The predicted octanol–water partition coefficient (Wildman–Crippen LogP) is 1.17. The van der Waals surface area contributed by atoms with E-state index >= 15 is 0 Å². The Hall–Kier alpha value is -0.770. The van der Waals surface area contributed by atoms with Crippen LogP contribution in [0.5, 0.6) is 0 Å². The second-order valence-corrected chi connectivity index (χ2v) is 3.45. The number of carbonyl (C=O) groups is 1. The maximum Gasteiger partial charge on any atom is 0.317 e. The van der Waals surface area contributed by atoms with Gasteiger partial charge >= 0.3 is 6.03 Å². The monoisotopic (exact) mass is 201 g/mol. The molecule has 0 aromatic carbocycles. The lowest BCUT2D eigenvalue weighted by Gasteiger charge is -2.22. The molecule has 14 heavy (non-hydrogen) atoms. The normalized spacial score (nSPS) is 12.3. The van der Waals surface area contributed by atoms with E-state index in [1.165, 1.54) is 0 Å². The number of hydrogen-bond donors (Lipinski definition) is 2. The summed E-state index contributed by atoms with van der Waals surface area (Å²) < 4.78 is 0. The van der Waals surface area contributed by atoms with Crippen molar-refractivity contribution in [1.29, 1.82) is 0 Å². The fourth-order valence-corrected chi connectivity index (χ4v) is 1.31. The van der Waals surface area contributed by atoms with Gasteiger partial charge in [-0.3, -0.25) is 0 Å². The van der Waals surface area contributed by atoms with Gasteiger partial charge in [0.05, 0.1) is 0 Å². The minimum absolute atomic E-state index is 0.0273. The highest BCUT2D eigenvalue weighted by molar-refractivity contribution is 5.74. The molecule has 0 aliphatic carbocycles. The van der Waals surface area contributed by atoms with Gasteiger partial charge in [0.15, 0.2) is 0 Å². The largest absolute Gasteiger partial charge is 0.336 e. The van der Waals surface area contributed by atoms with Crippen molar-refractivity contribution < 1.29 is 4.79 Å². The third-order valence-electron chi connectivity index (χ3n) is 2.26. The van der Waals surface area contributed by atoms with Gasteiger partial charge < -0.3 is 16.0 Å². The van der Waals surface area contributed by atoms with Gasteiger partial charge in [-0.05, 0) is 40.2 Å². The highest BCUT2D eigenvalue weighted by atomic mass is 16.2. The Morgan fingerprint density at radius 3 is 2.43 bits per heavy atom. The number of urea groups is 1. The van der Waals surface area contributed by atoms with Crippen LogP contribution in [0.25, 0.3) is 0 Å². The summed E-state index contributed by atoms with van der Waals surface area (Å²) in [5.41, 5.74) is 5.40. The van der Waals surface area contributed by atoms with Gasteiger partial charge in [-0.15, -0.1) is 0 Å². The molecule has 0 radical (unpaired) electrons. The van der Waals surface area contributed by atoms with Crippen molar-refractivity contribution in [2.45, 2.75) is 39.7 Å². The van der Waals surface area contributed by atoms with Crippen molar-refractivity contribution in [3.05, 3.63) is 0 Å². The van der Waals surface area contributed by atoms with E-state index in [-0.39, 0.29) is 12.1 Å². The van der Waals surface area contributed by atoms with Crippen LogP contribution in [0.3, 0.4) is 0 Å². The molecule has 0 fully saturated rings. The third-order valence-corrected chi connectivity index (χ3v) is 2.26. The summed E-state index contributed by atoms with van der Waals surface area (Å²) in [5, 5.41) is 2.95. The van der Waals surface area contributed by atoms with Crippen molar-refractivity contribution in [3.8, 4) is 0 Å². The Balaban J connectivity index is 3.79. The summed E-state index contributed by atoms with van der Waals surface area (Å²) >= 11 is 0. The molecule has 0 bridgehead atoms. The Kier molecular flexibility index (Phi) is 7.20. The number of nitrogens with two attached hydrogens (primary N) is 1. The van der Waals surface area contributed by atoms with E-state index in [4.69, 9.17) is 5.73 Å². The molecule has 84 valence electrons. The molecule has 3 N–H and O–H groups in total. The van der Waals surface area contributed by atoms with Crippen molar-refractivity contribution in [1.82, 2.24) is 10.2 Å². The molecule has 0 aromatic rings. The van der Waals surface area contributed by atoms with Crippen LogP contribution >= 0.6 is 0 Å². The molecule has 0 aliphatic rings. The standard InChI is InChI=1S/C10H23N3O/c1-4-13(5-2)10(14)12-9(3)7-6-8-11/h9H,4-8,11H2,1-3H3,(H,12,14). The Morgan fingerprint density at radius 1 is 1.43 bits per heavy atom. The molecule has 4 nitrogen and oxygen atoms in total. The SMILES string of the molecule is CCN(CC)C(=O)NC(C)CCCN. The molecule has 0 aliphatic heterocycles. The van der Waals surface area contributed by atoms with E-state index in [1.54, 1.807) is 4.90 Å². The van der Waals surface area contributed by atoms with Crippen molar-refractivity contribution in [3.63, 3.8) is 0 Å². The Morgan fingerprint density at radius 2 is 2.00 bits per heavy atom. The molecule has 1 unspecified atom stereocenters. The predicted molar refractivity (Wildman–Crippen MR) is 59.2 cm³/mol. The minimum Gasteiger partial charge on any atom is -0.336 e. The van der Waals surface area contributed by atoms with Gasteiger partial charge in [-0.1, -0.05) is 0 Å². The van der Waals surface area contributed by atoms with Crippen LogP contribution in [0.15, 0.2) is 0 Å². The lowest BCUT2D eigenvalue weighted by molar-refractivity contribution is 0.199. The van der Waals surface area contributed by atoms with Gasteiger partial charge in [0.1, 0.15) is 0 Å². The maximum atomic E-state index is 11.6. The van der Waals surface area contributed by atoms with E-state index in [0.717, 1.165) is 25.9 Å². The third kappa shape index (κ3) is 5.07. The van der Waals surface area contributed by atoms with Crippen LogP contribution < -0.4 is 11.1 Å². The Labute approximate surface area is 86.8 Å². The van der Waals surface area contributed by atoms with Crippen LogP contribution in [0.1, 0.15) is 33.6 Å². The zero-order valence-corrected chi connectivity index (χ0v) is 9.55. The fourth-order valence-electron chi connectivity index (χ4n) is 1.31. The molecule has 0 rings (SSSR count). The number of nitrogens with one attached hydrogen (secondary N) is 1. The number of rotatable bonds is 6. The van der Waals surface area contributed by atoms with Crippen LogP contribution in [0, 0.1) is 0 Å². The Bertz CT molecular complexity index is 157. The van der Waals surface area contributed by atoms with E-state index in [9.17, 15) is 4.79 Å². The van der Waals surface area contributed by atoms with Gasteiger partial charge in [-0.25, -0.2) is 4.79 Å².